The van der Waals surface area contributed by atoms with Crippen molar-refractivity contribution in [3.8, 4) is 0 Å². The maximum atomic E-state index is 12.1. The van der Waals surface area contributed by atoms with Gasteiger partial charge in [-0.2, -0.15) is 9.40 Å². The Kier molecular flexibility index (Phi) is 4.24. The molecule has 0 spiro atoms. The van der Waals surface area contributed by atoms with Gasteiger partial charge in [0.1, 0.15) is 6.54 Å². The van der Waals surface area contributed by atoms with Crippen LogP contribution in [-0.2, 0) is 21.4 Å². The highest BCUT2D eigenvalue weighted by Gasteiger charge is 2.45. The Morgan fingerprint density at radius 1 is 1.35 bits per heavy atom. The second-order valence-electron chi connectivity index (χ2n) is 6.23. The second kappa shape index (κ2) is 6.04. The third kappa shape index (κ3) is 3.45. The number of hydrogen-bond acceptors (Lipinski definition) is 5. The highest BCUT2D eigenvalue weighted by atomic mass is 32.2. The third-order valence-electron chi connectivity index (χ3n) is 4.49. The fourth-order valence-corrected chi connectivity index (χ4v) is 5.17. The Morgan fingerprint density at radius 3 is 2.57 bits per heavy atom. The van der Waals surface area contributed by atoms with Crippen molar-refractivity contribution in [2.24, 2.45) is 0 Å². The van der Waals surface area contributed by atoms with Gasteiger partial charge in [0.15, 0.2) is 0 Å². The number of carbonyl (C=O) groups excluding carboxylic acids is 1. The number of piperidine rings is 1. The van der Waals surface area contributed by atoms with Gasteiger partial charge in [-0.3, -0.25) is 9.59 Å². The van der Waals surface area contributed by atoms with Crippen LogP contribution in [-0.4, -0.2) is 52.8 Å². The number of sulfonamides is 1. The van der Waals surface area contributed by atoms with Crippen LogP contribution in [0.15, 0.2) is 23.1 Å². The Balaban J connectivity index is 1.62. The summed E-state index contributed by atoms with van der Waals surface area (Å²) in [7, 11) is -3.20. The first-order valence-electron chi connectivity index (χ1n) is 7.64. The van der Waals surface area contributed by atoms with Crippen LogP contribution in [0.1, 0.15) is 25.7 Å². The largest absolute Gasteiger partial charge is 0.352 e. The quantitative estimate of drug-likeness (QED) is 0.782. The standard InChI is InChI=1S/C14H20N4O4S/c1-23(21,22)18-11-4-5-12(18)8-10(7-11)16-13(19)9-17-14(20)3-2-6-15-17/h2-3,6,10-12H,4-5,7-9H2,1H3,(H,16,19)/t11-,12-/m0/s1. The molecule has 3 heterocycles. The topological polar surface area (TPSA) is 101 Å². The van der Waals surface area contributed by atoms with E-state index < -0.39 is 10.0 Å². The molecule has 9 heteroatoms. The monoisotopic (exact) mass is 340 g/mol. The van der Waals surface area contributed by atoms with Crippen LogP contribution in [0.3, 0.4) is 0 Å². The predicted octanol–water partition coefficient (Wildman–Crippen LogP) is -0.685. The second-order valence-corrected chi connectivity index (χ2v) is 8.12. The van der Waals surface area contributed by atoms with Gasteiger partial charge >= 0.3 is 0 Å². The number of hydrogen-bond donors (Lipinski definition) is 1. The van der Waals surface area contributed by atoms with E-state index >= 15 is 0 Å². The molecular weight excluding hydrogens is 320 g/mol. The molecule has 1 aromatic heterocycles. The van der Waals surface area contributed by atoms with E-state index in [2.05, 4.69) is 10.4 Å². The summed E-state index contributed by atoms with van der Waals surface area (Å²) >= 11 is 0. The molecule has 2 fully saturated rings. The molecular formula is C14H20N4O4S. The average Bonchev–Trinajstić information content (AvgIpc) is 2.74. The van der Waals surface area contributed by atoms with E-state index in [1.54, 1.807) is 4.31 Å². The Hall–Kier alpha value is -1.74. The van der Waals surface area contributed by atoms with Gasteiger partial charge in [0.25, 0.3) is 5.56 Å². The van der Waals surface area contributed by atoms with Crippen molar-refractivity contribution in [2.45, 2.75) is 50.4 Å². The van der Waals surface area contributed by atoms with Crippen molar-refractivity contribution in [1.29, 1.82) is 0 Å². The van der Waals surface area contributed by atoms with E-state index in [0.717, 1.165) is 17.5 Å². The number of fused-ring (bicyclic) bond motifs is 2. The molecule has 0 aromatic carbocycles. The van der Waals surface area contributed by atoms with Crippen LogP contribution in [0.2, 0.25) is 0 Å². The molecule has 1 aromatic rings. The van der Waals surface area contributed by atoms with Crippen LogP contribution in [0.4, 0.5) is 0 Å². The Bertz CT molecular complexity index is 746. The van der Waals surface area contributed by atoms with Crippen molar-refractivity contribution in [3.63, 3.8) is 0 Å². The normalized spacial score (nSPS) is 27.8. The minimum atomic E-state index is -3.20. The smallest absolute Gasteiger partial charge is 0.267 e. The molecule has 0 saturated carbocycles. The van der Waals surface area contributed by atoms with Crippen LogP contribution in [0, 0.1) is 0 Å². The minimum absolute atomic E-state index is 0.0355. The van der Waals surface area contributed by atoms with Gasteiger partial charge in [0, 0.05) is 30.4 Å². The van der Waals surface area contributed by atoms with Crippen LogP contribution < -0.4 is 10.9 Å². The van der Waals surface area contributed by atoms with E-state index in [0.29, 0.717) is 12.8 Å². The van der Waals surface area contributed by atoms with Crippen molar-refractivity contribution < 1.29 is 13.2 Å². The van der Waals surface area contributed by atoms with Crippen LogP contribution in [0.5, 0.6) is 0 Å². The lowest BCUT2D eigenvalue weighted by Gasteiger charge is -2.37. The first-order chi connectivity index (χ1) is 10.8. The first kappa shape index (κ1) is 16.1. The average molecular weight is 340 g/mol. The molecule has 2 atom stereocenters. The number of nitrogens with zero attached hydrogens (tertiary/aromatic N) is 3. The zero-order chi connectivity index (χ0) is 16.6. The number of carbonyl (C=O) groups is 1. The van der Waals surface area contributed by atoms with Gasteiger partial charge in [-0.05, 0) is 31.7 Å². The Labute approximate surface area is 134 Å². The van der Waals surface area contributed by atoms with E-state index in [1.165, 1.54) is 24.6 Å². The zero-order valence-corrected chi connectivity index (χ0v) is 13.7. The van der Waals surface area contributed by atoms with Crippen molar-refractivity contribution >= 4 is 15.9 Å². The summed E-state index contributed by atoms with van der Waals surface area (Å²) < 4.78 is 26.4. The summed E-state index contributed by atoms with van der Waals surface area (Å²) in [6.07, 6.45) is 5.61. The first-order valence-corrected chi connectivity index (χ1v) is 9.49. The molecule has 2 aliphatic heterocycles. The lowest BCUT2D eigenvalue weighted by atomic mass is 10.00. The van der Waals surface area contributed by atoms with Gasteiger partial charge in [-0.1, -0.05) is 0 Å². The molecule has 0 unspecified atom stereocenters. The number of nitrogens with one attached hydrogen (secondary N) is 1. The van der Waals surface area contributed by atoms with E-state index in [1.807, 2.05) is 0 Å². The molecule has 2 aliphatic rings. The molecule has 126 valence electrons. The molecule has 23 heavy (non-hydrogen) atoms. The summed E-state index contributed by atoms with van der Waals surface area (Å²) in [6.45, 7) is -0.124. The van der Waals surface area contributed by atoms with Crippen molar-refractivity contribution in [1.82, 2.24) is 19.4 Å². The molecule has 8 nitrogen and oxygen atoms in total. The molecule has 0 radical (unpaired) electrons. The summed E-state index contributed by atoms with van der Waals surface area (Å²) in [5.74, 6) is -0.275. The maximum absolute atomic E-state index is 12.1. The van der Waals surface area contributed by atoms with E-state index in [9.17, 15) is 18.0 Å². The molecule has 0 aliphatic carbocycles. The highest BCUT2D eigenvalue weighted by Crippen LogP contribution is 2.37. The summed E-state index contributed by atoms with van der Waals surface area (Å²) in [5.41, 5.74) is -0.324. The third-order valence-corrected chi connectivity index (χ3v) is 5.86. The number of rotatable bonds is 4. The van der Waals surface area contributed by atoms with E-state index in [4.69, 9.17) is 0 Å². The molecule has 3 rings (SSSR count). The summed E-state index contributed by atoms with van der Waals surface area (Å²) in [6, 6.07) is 2.75. The van der Waals surface area contributed by atoms with Crippen molar-refractivity contribution in [3.05, 3.63) is 28.7 Å². The fourth-order valence-electron chi connectivity index (χ4n) is 3.71. The lowest BCUT2D eigenvalue weighted by molar-refractivity contribution is -0.123. The highest BCUT2D eigenvalue weighted by molar-refractivity contribution is 7.88. The number of amides is 1. The van der Waals surface area contributed by atoms with Gasteiger partial charge in [0.05, 0.1) is 6.26 Å². The van der Waals surface area contributed by atoms with Gasteiger partial charge in [-0.15, -0.1) is 0 Å². The molecule has 2 saturated heterocycles. The van der Waals surface area contributed by atoms with Gasteiger partial charge in [0.2, 0.25) is 15.9 Å². The fraction of sp³-hybridized carbons (Fsp3) is 0.643. The van der Waals surface area contributed by atoms with Crippen LogP contribution >= 0.6 is 0 Å². The summed E-state index contributed by atoms with van der Waals surface area (Å²) in [4.78, 5) is 23.7. The maximum Gasteiger partial charge on any atom is 0.267 e. The van der Waals surface area contributed by atoms with Gasteiger partial charge in [-0.25, -0.2) is 13.1 Å². The van der Waals surface area contributed by atoms with E-state index in [-0.39, 0.29) is 36.1 Å². The lowest BCUT2D eigenvalue weighted by Crippen LogP contribution is -2.52. The number of aromatic nitrogens is 2. The van der Waals surface area contributed by atoms with Crippen LogP contribution in [0.25, 0.3) is 0 Å². The summed E-state index contributed by atoms with van der Waals surface area (Å²) in [5, 5.41) is 6.76. The zero-order valence-electron chi connectivity index (χ0n) is 12.9. The molecule has 2 bridgehead atoms. The van der Waals surface area contributed by atoms with Crippen molar-refractivity contribution in [2.75, 3.05) is 6.26 Å². The molecule has 1 N–H and O–H groups in total. The Morgan fingerprint density at radius 2 is 2.00 bits per heavy atom. The SMILES string of the molecule is CS(=O)(=O)N1[C@H]2CC[C@H]1CC(NC(=O)Cn1ncccc1=O)C2. The van der Waals surface area contributed by atoms with Gasteiger partial charge < -0.3 is 5.32 Å². The minimum Gasteiger partial charge on any atom is -0.352 e. The predicted molar refractivity (Wildman–Crippen MR) is 83.2 cm³/mol. The molecule has 1 amide bonds.